The van der Waals surface area contributed by atoms with E-state index < -0.39 is 269 Å². The number of primary amides is 2. The van der Waals surface area contributed by atoms with Crippen molar-refractivity contribution in [2.45, 2.75) is 321 Å². The van der Waals surface area contributed by atoms with Gasteiger partial charge in [0.25, 0.3) is 0 Å². The maximum absolute atomic E-state index is 14.8. The summed E-state index contributed by atoms with van der Waals surface area (Å²) >= 11 is 0. The number of aliphatic hydroxyl groups is 4. The first kappa shape index (κ1) is 107. The molecule has 2 aromatic carbocycles. The molecule has 0 bridgehead atoms. The van der Waals surface area contributed by atoms with Crippen LogP contribution in [0.25, 0.3) is 10.9 Å². The largest absolute Gasteiger partial charge is 0.394 e. The second-order valence-electron chi connectivity index (χ2n) is 37.6. The quantitative estimate of drug-likeness (QED) is 0.0273. The van der Waals surface area contributed by atoms with Gasteiger partial charge in [-0.1, -0.05) is 103 Å². The number of para-hydroxylation sites is 1. The van der Waals surface area contributed by atoms with E-state index in [1.165, 1.54) is 81.1 Å². The summed E-state index contributed by atoms with van der Waals surface area (Å²) in [4.78, 5) is 259. The number of aromatic nitrogens is 1. The number of nitrogens with one attached hydrogen (secondary N) is 14. The number of rotatable bonds is 46. The topological polar surface area (TPSA) is 622 Å². The SMILES string of the molecule is CC[C@H](C)[C@H](NC(=O)[C@H](Cc1c[nH]c2ccccc12)NC(C)=O)C(=O)N[C@@H](CCC(N)=O)C(=O)NC(C)(C)C(=O)N[C@H](C(=O)N[C@H](C(=O)NC(C)(C)C(=O)N[C@@H](CC(C)C)C(=O)NC(C)(C)C(=O)N1C[C@H](O)C[C@H]1C(=O)N[C@@H](CCC(N)=O)C(=O)NC(C)(C)C(=O)N1C[C@H](O)C[C@H]1C(=O)NC(C)(C)C(=O)N1CCC[C@H]1C(=O)N[C@H](CO)Cc1ccccc1)[C@@H](C)O)[C@@H](C)CC. The summed E-state index contributed by atoms with van der Waals surface area (Å²) < 4.78 is 0. The van der Waals surface area contributed by atoms with E-state index in [2.05, 4.69) is 74.1 Å². The number of carbonyl (C=O) groups excluding carboxylic acids is 18. The number of carbonyl (C=O) groups is 18. The molecule has 0 unspecified atom stereocenters. The zero-order valence-electron chi connectivity index (χ0n) is 77.7. The number of nitrogens with two attached hydrogens (primary N) is 2. The van der Waals surface area contributed by atoms with Gasteiger partial charge in [0.15, 0.2) is 0 Å². The molecule has 22 N–H and O–H groups in total. The number of hydrogen-bond donors (Lipinski definition) is 20. The molecular formula is C89H137N19O22. The second-order valence-corrected chi connectivity index (χ2v) is 37.6. The first-order valence-electron chi connectivity index (χ1n) is 44.2. The fourth-order valence-electron chi connectivity index (χ4n) is 15.8. The van der Waals surface area contributed by atoms with E-state index in [1.807, 2.05) is 54.6 Å². The monoisotopic (exact) mass is 1820 g/mol. The summed E-state index contributed by atoms with van der Waals surface area (Å²) in [6.07, 6.45) is -3.47. The minimum atomic E-state index is -1.97. The molecular weight excluding hydrogens is 1690 g/mol. The predicted octanol–water partition coefficient (Wildman–Crippen LogP) is -2.72. The van der Waals surface area contributed by atoms with Crippen molar-refractivity contribution in [2.75, 3.05) is 26.2 Å². The van der Waals surface area contributed by atoms with E-state index in [0.717, 1.165) is 33.2 Å². The molecule has 3 aliphatic heterocycles. The number of hydrogen-bond acceptors (Lipinski definition) is 22. The third-order valence-electron chi connectivity index (χ3n) is 23.7. The van der Waals surface area contributed by atoms with Gasteiger partial charge in [-0.3, -0.25) is 86.3 Å². The Morgan fingerprint density at radius 1 is 0.469 bits per heavy atom. The normalized spacial score (nSPS) is 19.2. The highest BCUT2D eigenvalue weighted by Gasteiger charge is 2.51. The highest BCUT2D eigenvalue weighted by atomic mass is 16.3. The van der Waals surface area contributed by atoms with Crippen LogP contribution < -0.4 is 80.6 Å². The molecule has 3 aromatic rings. The van der Waals surface area contributed by atoms with Gasteiger partial charge in [-0.05, 0) is 150 Å². The zero-order chi connectivity index (χ0) is 97.7. The highest BCUT2D eigenvalue weighted by Crippen LogP contribution is 2.29. The molecule has 41 heteroatoms. The Kier molecular flexibility index (Phi) is 38.0. The van der Waals surface area contributed by atoms with E-state index in [9.17, 15) is 107 Å². The molecule has 3 saturated heterocycles. The fourth-order valence-corrected chi connectivity index (χ4v) is 15.8. The molecule has 0 saturated carbocycles. The van der Waals surface area contributed by atoms with Crippen molar-refractivity contribution >= 4 is 117 Å². The lowest BCUT2D eigenvalue weighted by molar-refractivity contribution is -0.148. The van der Waals surface area contributed by atoms with Gasteiger partial charge in [0.2, 0.25) is 106 Å². The number of likely N-dealkylation sites (tertiary alicyclic amines) is 3. The van der Waals surface area contributed by atoms with Crippen LogP contribution in [0.15, 0.2) is 60.8 Å². The lowest BCUT2D eigenvalue weighted by Gasteiger charge is -2.37. The van der Waals surface area contributed by atoms with E-state index >= 15 is 0 Å². The van der Waals surface area contributed by atoms with Crippen molar-refractivity contribution in [3.05, 3.63) is 71.9 Å². The van der Waals surface area contributed by atoms with Crippen molar-refractivity contribution in [1.82, 2.24) is 88.8 Å². The van der Waals surface area contributed by atoms with Gasteiger partial charge < -0.3 is 121 Å². The van der Waals surface area contributed by atoms with Crippen LogP contribution in [0.5, 0.6) is 0 Å². The number of aliphatic hydroxyl groups excluding tert-OH is 4. The van der Waals surface area contributed by atoms with E-state index in [-0.39, 0.29) is 51.2 Å². The third kappa shape index (κ3) is 29.4. The number of nitrogens with zero attached hydrogens (tertiary/aromatic N) is 3. The van der Waals surface area contributed by atoms with Crippen molar-refractivity contribution in [2.24, 2.45) is 29.2 Å². The molecule has 130 heavy (non-hydrogen) atoms. The summed E-state index contributed by atoms with van der Waals surface area (Å²) in [5.41, 5.74) is 3.90. The van der Waals surface area contributed by atoms with Crippen molar-refractivity contribution < 1.29 is 107 Å². The van der Waals surface area contributed by atoms with Gasteiger partial charge in [0.05, 0.1) is 31.0 Å². The molecule has 3 fully saturated rings. The smallest absolute Gasteiger partial charge is 0.248 e. The molecule has 0 spiro atoms. The number of H-pyrrole nitrogens is 1. The number of aromatic amines is 1. The molecule has 6 rings (SSSR count). The van der Waals surface area contributed by atoms with E-state index in [1.54, 1.807) is 47.7 Å². The Bertz CT molecular complexity index is 4610. The molecule has 4 heterocycles. The minimum Gasteiger partial charge on any atom is -0.394 e. The maximum atomic E-state index is 14.8. The first-order chi connectivity index (χ1) is 60.5. The summed E-state index contributed by atoms with van der Waals surface area (Å²) in [5, 5.41) is 78.1. The van der Waals surface area contributed by atoms with Gasteiger partial charge in [-0.15, -0.1) is 0 Å². The Morgan fingerprint density at radius 3 is 1.42 bits per heavy atom. The number of amides is 18. The zero-order valence-corrected chi connectivity index (χ0v) is 77.7. The van der Waals surface area contributed by atoms with Crippen LogP contribution in [0, 0.1) is 17.8 Å². The maximum Gasteiger partial charge on any atom is 0.248 e. The van der Waals surface area contributed by atoms with Gasteiger partial charge in [0.1, 0.15) is 88.1 Å². The van der Waals surface area contributed by atoms with Crippen LogP contribution >= 0.6 is 0 Å². The molecule has 0 aliphatic carbocycles. The number of benzene rings is 2. The molecule has 16 atom stereocenters. The highest BCUT2D eigenvalue weighted by molar-refractivity contribution is 6.04. The minimum absolute atomic E-state index is 0.0316. The average molecular weight is 1830 g/mol. The van der Waals surface area contributed by atoms with Gasteiger partial charge >= 0.3 is 0 Å². The lowest BCUT2D eigenvalue weighted by Crippen LogP contribution is -2.66. The Hall–Kier alpha value is -11.7. The second kappa shape index (κ2) is 46.2. The van der Waals surface area contributed by atoms with Gasteiger partial charge in [-0.25, -0.2) is 0 Å². The van der Waals surface area contributed by atoms with Crippen LogP contribution in [0.1, 0.15) is 206 Å². The van der Waals surface area contributed by atoms with Crippen LogP contribution in [0.4, 0.5) is 0 Å². The summed E-state index contributed by atoms with van der Waals surface area (Å²) in [6.45, 7) is 24.5. The van der Waals surface area contributed by atoms with Gasteiger partial charge in [0, 0.05) is 75.8 Å². The predicted molar refractivity (Wildman–Crippen MR) is 475 cm³/mol. The molecule has 1 aromatic heterocycles. The summed E-state index contributed by atoms with van der Waals surface area (Å²) in [7, 11) is 0. The molecule has 3 aliphatic rings. The molecule has 720 valence electrons. The number of fused-ring (bicyclic) bond motifs is 1. The van der Waals surface area contributed by atoms with Crippen LogP contribution in [0.2, 0.25) is 0 Å². The fraction of sp³-hybridized carbons (Fsp3) is 0.640. The Balaban J connectivity index is 1.08. The van der Waals surface area contributed by atoms with E-state index in [0.29, 0.717) is 31.2 Å². The van der Waals surface area contributed by atoms with Gasteiger partial charge in [-0.2, -0.15) is 0 Å². The van der Waals surface area contributed by atoms with E-state index in [4.69, 9.17) is 11.5 Å². The van der Waals surface area contributed by atoms with Crippen molar-refractivity contribution in [3.8, 4) is 0 Å². The third-order valence-corrected chi connectivity index (χ3v) is 23.7. The van der Waals surface area contributed by atoms with Crippen LogP contribution in [0.3, 0.4) is 0 Å². The van der Waals surface area contributed by atoms with Crippen molar-refractivity contribution in [3.63, 3.8) is 0 Å². The van der Waals surface area contributed by atoms with Crippen LogP contribution in [-0.4, -0.2) is 285 Å². The average Bonchev–Trinajstić information content (AvgIpc) is 1.63. The Labute approximate surface area is 757 Å². The number of β-amino-alcohol motifs (C(OH)–C–C–N with tert-alkyl or cyclic N) is 2. The molecule has 0 radical (unpaired) electrons. The van der Waals surface area contributed by atoms with Crippen LogP contribution in [-0.2, 0) is 99.1 Å². The lowest BCUT2D eigenvalue weighted by atomic mass is 9.94. The van der Waals surface area contributed by atoms with Crippen molar-refractivity contribution in [1.29, 1.82) is 0 Å². The molecule has 18 amide bonds. The first-order valence-corrected chi connectivity index (χ1v) is 44.2. The molecule has 41 nitrogen and oxygen atoms in total. The Morgan fingerprint density at radius 2 is 0.915 bits per heavy atom. The summed E-state index contributed by atoms with van der Waals surface area (Å²) in [5.74, 6) is -17.3. The summed E-state index contributed by atoms with van der Waals surface area (Å²) in [6, 6.07) is 1.47. The standard InChI is InChI=1S/C89H137N19O22/c1-19-47(5)67(98-70(116)61(93-50(8)111)39-52-42-92-57-30-25-24-29-56(52)57)77(123)96-59(33-35-66(91)115)71(117)101-86(11,12)81(127)100-68(48(6)20-2)78(124)99-69(49(7)110)79(125)105-85(9,10)80(126)97-60(37-46(3)4)73(119)103-89(17,18)83(129)107-43-54(112)40-63(107)75(121)95-58(32-34-65(90)114)72(118)102-88(15,16)84(130)108-44-55(113)41-64(108)76(122)104-87(13,14)82(128)106-36-26-31-62(106)74(120)94-53(45-109)38-51-27-22-21-23-28-51/h21-25,27-30,42,46-49,53-55,58-64,67-69,92,109-110,112-113H,19-20,26,31-41,43-45H2,1-18H3,(H2,90,114)(H2,91,115)(H,93,111)(H,94,120)(H,95,121)(H,96,123)(H,97,126)(H,98,116)(H,99,124)(H,100,127)(H,101,117)(H,102,118)(H,103,119)(H,104,122)(H,105,125)/t47-,48-,49+,53-,54+,55+,58-,59-,60-,61-,62-,63-,64-,67-,68-,69-/m0/s1.